The molecule has 1 aromatic heterocycles. The van der Waals surface area contributed by atoms with Crippen molar-refractivity contribution in [2.24, 2.45) is 17.6 Å². The zero-order valence-corrected chi connectivity index (χ0v) is 16.5. The van der Waals surface area contributed by atoms with Gasteiger partial charge in [0.2, 0.25) is 0 Å². The molecule has 2 aliphatic rings. The number of hydrogen-bond acceptors (Lipinski definition) is 4. The van der Waals surface area contributed by atoms with Gasteiger partial charge in [0.15, 0.2) is 0 Å². The van der Waals surface area contributed by atoms with Gasteiger partial charge in [-0.25, -0.2) is 4.79 Å². The highest BCUT2D eigenvalue weighted by Crippen LogP contribution is 2.35. The molecule has 30 heavy (non-hydrogen) atoms. The number of carbonyl (C=O) groups is 2. The number of carbonyl (C=O) groups excluding carboxylic acids is 2. The van der Waals surface area contributed by atoms with Gasteiger partial charge in [-0.1, -0.05) is 11.6 Å². The summed E-state index contributed by atoms with van der Waals surface area (Å²) in [5, 5.41) is 3.95. The van der Waals surface area contributed by atoms with Gasteiger partial charge in [-0.15, -0.1) is 0 Å². The molecule has 0 spiro atoms. The molecule has 11 heteroatoms. The van der Waals surface area contributed by atoms with Gasteiger partial charge >= 0.3 is 12.2 Å². The van der Waals surface area contributed by atoms with Crippen molar-refractivity contribution in [1.29, 1.82) is 0 Å². The third-order valence-corrected chi connectivity index (χ3v) is 5.80. The Hall–Kier alpha value is -2.59. The molecular formula is C19H19ClF3N5O2. The van der Waals surface area contributed by atoms with Crippen LogP contribution in [0.4, 0.5) is 18.0 Å². The zero-order valence-electron chi connectivity index (χ0n) is 15.8. The molecule has 2 fully saturated rings. The van der Waals surface area contributed by atoms with Gasteiger partial charge in [0.25, 0.3) is 5.91 Å². The van der Waals surface area contributed by atoms with Crippen LogP contribution in [-0.2, 0) is 12.7 Å². The lowest BCUT2D eigenvalue weighted by Gasteiger charge is -2.22. The van der Waals surface area contributed by atoms with Crippen LogP contribution in [0.5, 0.6) is 0 Å². The summed E-state index contributed by atoms with van der Waals surface area (Å²) in [7, 11) is 0. The van der Waals surface area contributed by atoms with Crippen LogP contribution in [0, 0.1) is 11.8 Å². The SMILES string of the molecule is NC(=O)c1cnn(C(=O)N2CC3CN(Cc4cc(Cl)cc(C(F)(F)F)c4)CC3C2)c1. The quantitative estimate of drug-likeness (QED) is 0.793. The first-order chi connectivity index (χ1) is 14.1. The van der Waals surface area contributed by atoms with E-state index in [1.54, 1.807) is 11.0 Å². The highest BCUT2D eigenvalue weighted by molar-refractivity contribution is 6.30. The van der Waals surface area contributed by atoms with Crippen molar-refractivity contribution >= 4 is 23.5 Å². The van der Waals surface area contributed by atoms with Crippen LogP contribution < -0.4 is 5.73 Å². The number of benzene rings is 1. The fraction of sp³-hybridized carbons (Fsp3) is 0.421. The van der Waals surface area contributed by atoms with E-state index in [2.05, 4.69) is 10.00 Å². The van der Waals surface area contributed by atoms with E-state index >= 15 is 0 Å². The molecule has 4 rings (SSSR count). The molecule has 3 heterocycles. The lowest BCUT2D eigenvalue weighted by Crippen LogP contribution is -2.36. The average molecular weight is 442 g/mol. The number of rotatable bonds is 3. The van der Waals surface area contributed by atoms with Gasteiger partial charge in [-0.3, -0.25) is 9.69 Å². The van der Waals surface area contributed by atoms with E-state index in [1.807, 2.05) is 0 Å². The monoisotopic (exact) mass is 441 g/mol. The Labute approximate surface area is 175 Å². The van der Waals surface area contributed by atoms with E-state index in [0.29, 0.717) is 38.3 Å². The van der Waals surface area contributed by atoms with E-state index in [4.69, 9.17) is 17.3 Å². The van der Waals surface area contributed by atoms with Crippen LogP contribution >= 0.6 is 11.6 Å². The minimum absolute atomic E-state index is 0.0607. The van der Waals surface area contributed by atoms with Gasteiger partial charge < -0.3 is 10.6 Å². The Kier molecular flexibility index (Phi) is 5.23. The van der Waals surface area contributed by atoms with Gasteiger partial charge in [0.05, 0.1) is 17.3 Å². The Bertz CT molecular complexity index is 979. The molecule has 0 bridgehead atoms. The molecule has 0 radical (unpaired) electrons. The number of primary amides is 1. The molecule has 2 saturated heterocycles. The van der Waals surface area contributed by atoms with Crippen LogP contribution in [0.3, 0.4) is 0 Å². The van der Waals surface area contributed by atoms with Crippen molar-refractivity contribution in [2.75, 3.05) is 26.2 Å². The second-order valence-corrected chi connectivity index (χ2v) is 8.22. The van der Waals surface area contributed by atoms with Crippen molar-refractivity contribution in [2.45, 2.75) is 12.7 Å². The first-order valence-corrected chi connectivity index (χ1v) is 9.70. The maximum Gasteiger partial charge on any atom is 0.416 e. The molecule has 2 atom stereocenters. The largest absolute Gasteiger partial charge is 0.416 e. The summed E-state index contributed by atoms with van der Waals surface area (Å²) >= 11 is 5.87. The zero-order chi connectivity index (χ0) is 21.6. The van der Waals surface area contributed by atoms with E-state index in [9.17, 15) is 22.8 Å². The number of nitrogens with two attached hydrogens (primary N) is 1. The molecule has 160 valence electrons. The minimum atomic E-state index is -4.44. The van der Waals surface area contributed by atoms with E-state index in [-0.39, 0.29) is 28.5 Å². The number of fused-ring (bicyclic) bond motifs is 1. The van der Waals surface area contributed by atoms with Crippen LogP contribution in [-0.4, -0.2) is 57.7 Å². The van der Waals surface area contributed by atoms with Crippen molar-refractivity contribution in [3.8, 4) is 0 Å². The molecule has 0 saturated carbocycles. The number of aromatic nitrogens is 2. The molecule has 2 aliphatic heterocycles. The fourth-order valence-electron chi connectivity index (χ4n) is 4.24. The summed E-state index contributed by atoms with van der Waals surface area (Å²) in [6.45, 7) is 2.76. The lowest BCUT2D eigenvalue weighted by atomic mass is 10.0. The summed E-state index contributed by atoms with van der Waals surface area (Å²) in [5.74, 6) is -0.208. The molecule has 2 aromatic rings. The van der Waals surface area contributed by atoms with Crippen LogP contribution in [0.15, 0.2) is 30.6 Å². The first kappa shape index (κ1) is 20.7. The molecule has 7 nitrogen and oxygen atoms in total. The third kappa shape index (κ3) is 4.15. The maximum atomic E-state index is 13.0. The number of halogens is 4. The Balaban J connectivity index is 1.37. The first-order valence-electron chi connectivity index (χ1n) is 9.33. The fourth-order valence-corrected chi connectivity index (χ4v) is 4.50. The topological polar surface area (TPSA) is 84.5 Å². The van der Waals surface area contributed by atoms with Gasteiger partial charge in [-0.05, 0) is 35.6 Å². The van der Waals surface area contributed by atoms with Gasteiger partial charge in [0.1, 0.15) is 0 Å². The second-order valence-electron chi connectivity index (χ2n) is 7.79. The van der Waals surface area contributed by atoms with Gasteiger partial charge in [0, 0.05) is 43.9 Å². The normalized spacial score (nSPS) is 21.8. The summed E-state index contributed by atoms with van der Waals surface area (Å²) in [4.78, 5) is 27.5. The Morgan fingerprint density at radius 3 is 2.37 bits per heavy atom. The van der Waals surface area contributed by atoms with Crippen LogP contribution in [0.25, 0.3) is 0 Å². The second kappa shape index (κ2) is 7.59. The minimum Gasteiger partial charge on any atom is -0.366 e. The molecular weight excluding hydrogens is 423 g/mol. The maximum absolute atomic E-state index is 13.0. The summed E-state index contributed by atoms with van der Waals surface area (Å²) in [5.41, 5.74) is 5.10. The third-order valence-electron chi connectivity index (χ3n) is 5.59. The Morgan fingerprint density at radius 2 is 1.80 bits per heavy atom. The predicted molar refractivity (Wildman–Crippen MR) is 102 cm³/mol. The summed E-state index contributed by atoms with van der Waals surface area (Å²) < 4.78 is 40.1. The smallest absolute Gasteiger partial charge is 0.366 e. The summed E-state index contributed by atoms with van der Waals surface area (Å²) in [6.07, 6.45) is -1.88. The van der Waals surface area contributed by atoms with E-state index in [0.717, 1.165) is 16.8 Å². The molecule has 0 aliphatic carbocycles. The van der Waals surface area contributed by atoms with Crippen LogP contribution in [0.2, 0.25) is 5.02 Å². The predicted octanol–water partition coefficient (Wildman–Crippen LogP) is 2.69. The number of likely N-dealkylation sites (tertiary alicyclic amines) is 2. The van der Waals surface area contributed by atoms with Crippen molar-refractivity contribution < 1.29 is 22.8 Å². The van der Waals surface area contributed by atoms with Gasteiger partial charge in [-0.2, -0.15) is 23.0 Å². The highest BCUT2D eigenvalue weighted by Gasteiger charge is 2.42. The number of hydrogen-bond donors (Lipinski definition) is 1. The lowest BCUT2D eigenvalue weighted by molar-refractivity contribution is -0.137. The number of nitrogens with zero attached hydrogens (tertiary/aromatic N) is 4. The molecule has 1 aromatic carbocycles. The molecule has 2 N–H and O–H groups in total. The van der Waals surface area contributed by atoms with E-state index in [1.165, 1.54) is 12.4 Å². The average Bonchev–Trinajstić information content (AvgIpc) is 3.34. The molecule has 2 amide bonds. The van der Waals surface area contributed by atoms with E-state index < -0.39 is 17.6 Å². The van der Waals surface area contributed by atoms with Crippen molar-refractivity contribution in [3.63, 3.8) is 0 Å². The van der Waals surface area contributed by atoms with Crippen molar-refractivity contribution in [1.82, 2.24) is 19.6 Å². The standard InChI is InChI=1S/C19H19ClF3N5O2/c20-16-2-11(1-15(3-16)19(21,22)23)5-26-6-13-8-27(9-14(13)7-26)18(30)28-10-12(4-25-28)17(24)29/h1-4,10,13-14H,5-9H2,(H2,24,29). The molecule has 2 unspecified atom stereocenters. The highest BCUT2D eigenvalue weighted by atomic mass is 35.5. The van der Waals surface area contributed by atoms with Crippen LogP contribution in [0.1, 0.15) is 21.5 Å². The summed E-state index contributed by atoms with van der Waals surface area (Å²) in [6, 6.07) is 3.28. The van der Waals surface area contributed by atoms with Crippen molar-refractivity contribution in [3.05, 3.63) is 52.3 Å². The number of amides is 2. The Morgan fingerprint density at radius 1 is 1.13 bits per heavy atom. The number of alkyl halides is 3.